The average molecular weight is 360 g/mol. The first kappa shape index (κ1) is 15.0. The number of aryl methyl sites for hydroxylation is 1. The standard InChI is InChI=1S/C15H10Cl4N2/c16-7-6-14-20-11-8-9(17)4-5-12(11)21(14)13-3-1-2-10(18)15(13)19/h1-5,8H,6-7H2. The van der Waals surface area contributed by atoms with E-state index in [0.29, 0.717) is 27.4 Å². The van der Waals surface area contributed by atoms with Crippen molar-refractivity contribution < 1.29 is 0 Å². The predicted molar refractivity (Wildman–Crippen MR) is 90.5 cm³/mol. The van der Waals surface area contributed by atoms with E-state index in [4.69, 9.17) is 46.4 Å². The van der Waals surface area contributed by atoms with Crippen molar-refractivity contribution in [2.75, 3.05) is 5.88 Å². The molecule has 6 heteroatoms. The van der Waals surface area contributed by atoms with Crippen LogP contribution in [-0.4, -0.2) is 15.4 Å². The molecule has 108 valence electrons. The van der Waals surface area contributed by atoms with E-state index >= 15 is 0 Å². The van der Waals surface area contributed by atoms with Gasteiger partial charge in [0.05, 0.1) is 26.8 Å². The first-order chi connectivity index (χ1) is 10.1. The monoisotopic (exact) mass is 358 g/mol. The molecule has 0 N–H and O–H groups in total. The molecule has 0 atom stereocenters. The Labute approximate surface area is 142 Å². The van der Waals surface area contributed by atoms with Gasteiger partial charge in [-0.15, -0.1) is 11.6 Å². The summed E-state index contributed by atoms with van der Waals surface area (Å²) in [5, 5.41) is 1.63. The summed E-state index contributed by atoms with van der Waals surface area (Å²) in [5.74, 6) is 1.29. The van der Waals surface area contributed by atoms with Crippen LogP contribution in [0.5, 0.6) is 0 Å². The summed E-state index contributed by atoms with van der Waals surface area (Å²) in [6.07, 6.45) is 0.622. The van der Waals surface area contributed by atoms with E-state index in [1.54, 1.807) is 6.07 Å². The van der Waals surface area contributed by atoms with Gasteiger partial charge in [0.1, 0.15) is 5.82 Å². The summed E-state index contributed by atoms with van der Waals surface area (Å²) in [4.78, 5) is 4.60. The normalized spacial score (nSPS) is 11.2. The van der Waals surface area contributed by atoms with Gasteiger partial charge < -0.3 is 0 Å². The van der Waals surface area contributed by atoms with Gasteiger partial charge in [-0.3, -0.25) is 4.57 Å². The molecule has 0 saturated carbocycles. The van der Waals surface area contributed by atoms with E-state index in [1.807, 2.05) is 34.9 Å². The zero-order chi connectivity index (χ0) is 15.0. The Morgan fingerprint density at radius 1 is 1.05 bits per heavy atom. The fourth-order valence-electron chi connectivity index (χ4n) is 2.29. The van der Waals surface area contributed by atoms with Crippen molar-refractivity contribution >= 4 is 57.4 Å². The zero-order valence-corrected chi connectivity index (χ0v) is 13.8. The minimum atomic E-state index is 0.467. The molecule has 0 fully saturated rings. The Bertz CT molecular complexity index is 811. The van der Waals surface area contributed by atoms with Gasteiger partial charge in [-0.2, -0.15) is 0 Å². The number of rotatable bonds is 3. The third-order valence-electron chi connectivity index (χ3n) is 3.18. The van der Waals surface area contributed by atoms with Crippen LogP contribution in [0.4, 0.5) is 0 Å². The lowest BCUT2D eigenvalue weighted by Gasteiger charge is -2.11. The maximum absolute atomic E-state index is 6.35. The fourth-order valence-corrected chi connectivity index (χ4v) is 3.00. The molecule has 0 saturated heterocycles. The average Bonchev–Trinajstić information content (AvgIpc) is 2.79. The smallest absolute Gasteiger partial charge is 0.115 e. The van der Waals surface area contributed by atoms with Crippen LogP contribution >= 0.6 is 46.4 Å². The summed E-state index contributed by atoms with van der Waals surface area (Å²) < 4.78 is 1.97. The van der Waals surface area contributed by atoms with E-state index in [2.05, 4.69) is 4.98 Å². The van der Waals surface area contributed by atoms with Crippen molar-refractivity contribution in [2.45, 2.75) is 6.42 Å². The second kappa shape index (κ2) is 6.05. The van der Waals surface area contributed by atoms with Crippen molar-refractivity contribution in [3.05, 3.63) is 57.3 Å². The predicted octanol–water partition coefficient (Wildman–Crippen LogP) is 5.77. The summed E-state index contributed by atoms with van der Waals surface area (Å²) in [6.45, 7) is 0. The van der Waals surface area contributed by atoms with Crippen molar-refractivity contribution in [3.8, 4) is 5.69 Å². The molecule has 1 heterocycles. The molecular weight excluding hydrogens is 350 g/mol. The van der Waals surface area contributed by atoms with Gasteiger partial charge in [0.15, 0.2) is 0 Å². The van der Waals surface area contributed by atoms with E-state index < -0.39 is 0 Å². The largest absolute Gasteiger partial charge is 0.295 e. The topological polar surface area (TPSA) is 17.8 Å². The molecular formula is C15H10Cl4N2. The molecule has 3 aromatic rings. The third kappa shape index (κ3) is 2.74. The Morgan fingerprint density at radius 3 is 2.62 bits per heavy atom. The number of alkyl halides is 1. The van der Waals surface area contributed by atoms with E-state index in [-0.39, 0.29) is 0 Å². The molecule has 0 aliphatic heterocycles. The van der Waals surface area contributed by atoms with Crippen LogP contribution in [0.1, 0.15) is 5.82 Å². The highest BCUT2D eigenvalue weighted by atomic mass is 35.5. The molecule has 0 spiro atoms. The molecule has 0 bridgehead atoms. The number of benzene rings is 2. The molecule has 1 aromatic heterocycles. The van der Waals surface area contributed by atoms with Crippen LogP contribution in [0.25, 0.3) is 16.7 Å². The number of aromatic nitrogens is 2. The summed E-state index contributed by atoms with van der Waals surface area (Å²) in [6, 6.07) is 11.1. The molecule has 0 aliphatic rings. The molecule has 21 heavy (non-hydrogen) atoms. The highest BCUT2D eigenvalue weighted by Crippen LogP contribution is 2.32. The maximum atomic E-state index is 6.35. The Kier molecular flexibility index (Phi) is 4.32. The van der Waals surface area contributed by atoms with Crippen molar-refractivity contribution in [1.82, 2.24) is 9.55 Å². The number of fused-ring (bicyclic) bond motifs is 1. The van der Waals surface area contributed by atoms with Gasteiger partial charge in [-0.1, -0.05) is 40.9 Å². The van der Waals surface area contributed by atoms with Crippen LogP contribution in [0, 0.1) is 0 Å². The van der Waals surface area contributed by atoms with Gasteiger partial charge in [0.25, 0.3) is 0 Å². The first-order valence-electron chi connectivity index (χ1n) is 6.29. The second-order valence-corrected chi connectivity index (χ2v) is 6.11. The summed E-state index contributed by atoms with van der Waals surface area (Å²) in [7, 11) is 0. The van der Waals surface area contributed by atoms with Crippen LogP contribution in [0.2, 0.25) is 15.1 Å². The molecule has 0 radical (unpaired) electrons. The Balaban J connectivity index is 2.33. The van der Waals surface area contributed by atoms with Crippen molar-refractivity contribution in [1.29, 1.82) is 0 Å². The van der Waals surface area contributed by atoms with Crippen LogP contribution in [0.3, 0.4) is 0 Å². The van der Waals surface area contributed by atoms with E-state index in [9.17, 15) is 0 Å². The lowest BCUT2D eigenvalue weighted by molar-refractivity contribution is 0.912. The minimum Gasteiger partial charge on any atom is -0.295 e. The molecule has 0 amide bonds. The number of halogens is 4. The summed E-state index contributed by atoms with van der Waals surface area (Å²) in [5.41, 5.74) is 2.51. The van der Waals surface area contributed by atoms with Crippen molar-refractivity contribution in [2.24, 2.45) is 0 Å². The SMILES string of the molecule is ClCCc1nc2cc(Cl)ccc2n1-c1cccc(Cl)c1Cl. The van der Waals surface area contributed by atoms with Crippen molar-refractivity contribution in [3.63, 3.8) is 0 Å². The second-order valence-electron chi connectivity index (χ2n) is 4.51. The Hall–Kier alpha value is -0.930. The third-order valence-corrected chi connectivity index (χ3v) is 4.41. The molecule has 3 rings (SSSR count). The number of hydrogen-bond acceptors (Lipinski definition) is 1. The van der Waals surface area contributed by atoms with Gasteiger partial charge in [0, 0.05) is 17.3 Å². The highest BCUT2D eigenvalue weighted by Gasteiger charge is 2.15. The quantitative estimate of drug-likeness (QED) is 0.543. The molecule has 2 aromatic carbocycles. The van der Waals surface area contributed by atoms with Crippen LogP contribution < -0.4 is 0 Å². The zero-order valence-electron chi connectivity index (χ0n) is 10.8. The Morgan fingerprint density at radius 2 is 1.86 bits per heavy atom. The number of hydrogen-bond donors (Lipinski definition) is 0. The lowest BCUT2D eigenvalue weighted by Crippen LogP contribution is -2.03. The van der Waals surface area contributed by atoms with E-state index in [0.717, 1.165) is 22.5 Å². The van der Waals surface area contributed by atoms with Gasteiger partial charge in [-0.05, 0) is 30.3 Å². The van der Waals surface area contributed by atoms with Crippen LogP contribution in [-0.2, 0) is 6.42 Å². The maximum Gasteiger partial charge on any atom is 0.115 e. The van der Waals surface area contributed by atoms with Gasteiger partial charge >= 0.3 is 0 Å². The molecule has 0 aliphatic carbocycles. The number of imidazole rings is 1. The fraction of sp³-hybridized carbons (Fsp3) is 0.133. The first-order valence-corrected chi connectivity index (χ1v) is 7.96. The highest BCUT2D eigenvalue weighted by molar-refractivity contribution is 6.43. The summed E-state index contributed by atoms with van der Waals surface area (Å²) >= 11 is 24.4. The van der Waals surface area contributed by atoms with E-state index in [1.165, 1.54) is 0 Å². The van der Waals surface area contributed by atoms with Crippen LogP contribution in [0.15, 0.2) is 36.4 Å². The molecule has 2 nitrogen and oxygen atoms in total. The number of nitrogens with zero attached hydrogens (tertiary/aromatic N) is 2. The van der Waals surface area contributed by atoms with Gasteiger partial charge in [-0.25, -0.2) is 4.98 Å². The molecule has 0 unspecified atom stereocenters. The minimum absolute atomic E-state index is 0.467. The van der Waals surface area contributed by atoms with Gasteiger partial charge in [0.2, 0.25) is 0 Å². The lowest BCUT2D eigenvalue weighted by atomic mass is 10.2.